The Balaban J connectivity index is 0.000000445. The van der Waals surface area contributed by atoms with Gasteiger partial charge in [-0.25, -0.2) is 17.9 Å². The number of halogens is 3. The molecule has 2 atom stereocenters. The highest BCUT2D eigenvalue weighted by molar-refractivity contribution is 7.88. The van der Waals surface area contributed by atoms with Gasteiger partial charge in [0.2, 0.25) is 10.0 Å². The normalized spacial score (nSPS) is 20.7. The minimum atomic E-state index is -5.08. The third-order valence-electron chi connectivity index (χ3n) is 3.86. The number of rotatable bonds is 5. The van der Waals surface area contributed by atoms with E-state index in [9.17, 15) is 21.6 Å². The SMILES string of the molecule is COc1cccc(CS(=O)(=O)NC2CN(C)CC2C)c1.O=C(O)C(F)(F)F. The van der Waals surface area contributed by atoms with Crippen LogP contribution in [-0.4, -0.2) is 63.9 Å². The van der Waals surface area contributed by atoms with Crippen molar-refractivity contribution in [3.63, 3.8) is 0 Å². The van der Waals surface area contributed by atoms with E-state index in [1.165, 1.54) is 0 Å². The van der Waals surface area contributed by atoms with Gasteiger partial charge in [-0.3, -0.25) is 0 Å². The average Bonchev–Trinajstić information content (AvgIpc) is 2.83. The van der Waals surface area contributed by atoms with E-state index in [0.717, 1.165) is 18.7 Å². The number of methoxy groups -OCH3 is 1. The summed E-state index contributed by atoms with van der Waals surface area (Å²) in [6.07, 6.45) is -5.08. The van der Waals surface area contributed by atoms with Gasteiger partial charge in [0.05, 0.1) is 12.9 Å². The lowest BCUT2D eigenvalue weighted by atomic mass is 10.1. The summed E-state index contributed by atoms with van der Waals surface area (Å²) >= 11 is 0. The van der Waals surface area contributed by atoms with Crippen molar-refractivity contribution >= 4 is 16.0 Å². The molecular weight excluding hydrogens is 389 g/mol. The maximum Gasteiger partial charge on any atom is 0.490 e. The molecule has 11 heteroatoms. The smallest absolute Gasteiger partial charge is 0.490 e. The molecule has 0 saturated carbocycles. The van der Waals surface area contributed by atoms with E-state index >= 15 is 0 Å². The fourth-order valence-electron chi connectivity index (χ4n) is 2.62. The third-order valence-corrected chi connectivity index (χ3v) is 5.23. The number of nitrogens with zero attached hydrogens (tertiary/aromatic N) is 1. The molecule has 1 saturated heterocycles. The maximum absolute atomic E-state index is 12.2. The van der Waals surface area contributed by atoms with Gasteiger partial charge in [-0.15, -0.1) is 0 Å². The highest BCUT2D eigenvalue weighted by Gasteiger charge is 2.38. The molecule has 2 N–H and O–H groups in total. The molecule has 0 amide bonds. The molecule has 1 aliphatic heterocycles. The van der Waals surface area contributed by atoms with Gasteiger partial charge in [0.1, 0.15) is 5.75 Å². The zero-order chi connectivity index (χ0) is 20.8. The molecular formula is C16H23F3N2O5S. The Morgan fingerprint density at radius 3 is 2.41 bits per heavy atom. The Bertz CT molecular complexity index is 740. The van der Waals surface area contributed by atoms with E-state index in [1.807, 2.05) is 7.05 Å². The van der Waals surface area contributed by atoms with E-state index in [2.05, 4.69) is 16.5 Å². The van der Waals surface area contributed by atoms with Gasteiger partial charge in [-0.05, 0) is 30.7 Å². The molecule has 1 fully saturated rings. The van der Waals surface area contributed by atoms with Crippen LogP contribution in [0.4, 0.5) is 13.2 Å². The van der Waals surface area contributed by atoms with Gasteiger partial charge in [0, 0.05) is 19.1 Å². The third kappa shape index (κ3) is 8.14. The highest BCUT2D eigenvalue weighted by Crippen LogP contribution is 2.18. The Hall–Kier alpha value is -1.85. The molecule has 2 rings (SSSR count). The quantitative estimate of drug-likeness (QED) is 0.764. The number of hydrogen-bond donors (Lipinski definition) is 2. The molecule has 27 heavy (non-hydrogen) atoms. The lowest BCUT2D eigenvalue weighted by Crippen LogP contribution is -2.40. The molecule has 0 radical (unpaired) electrons. The molecule has 1 heterocycles. The topological polar surface area (TPSA) is 95.9 Å². The molecule has 1 aliphatic rings. The van der Waals surface area contributed by atoms with Crippen molar-refractivity contribution in [3.8, 4) is 5.75 Å². The van der Waals surface area contributed by atoms with Crippen LogP contribution in [0.2, 0.25) is 0 Å². The number of benzene rings is 1. The van der Waals surface area contributed by atoms with Crippen LogP contribution < -0.4 is 9.46 Å². The molecule has 2 unspecified atom stereocenters. The molecule has 0 spiro atoms. The Morgan fingerprint density at radius 2 is 1.96 bits per heavy atom. The number of alkyl halides is 3. The number of carbonyl (C=O) groups is 1. The summed E-state index contributed by atoms with van der Waals surface area (Å²) in [5, 5.41) is 7.12. The number of likely N-dealkylation sites (tertiary alicyclic amines) is 1. The Kier molecular flexibility index (Phi) is 8.05. The Morgan fingerprint density at radius 1 is 1.37 bits per heavy atom. The minimum absolute atomic E-state index is 0.00407. The lowest BCUT2D eigenvalue weighted by Gasteiger charge is -2.16. The second kappa shape index (κ2) is 9.38. The molecule has 0 aromatic heterocycles. The first kappa shape index (κ1) is 23.2. The first-order valence-electron chi connectivity index (χ1n) is 7.95. The minimum Gasteiger partial charge on any atom is -0.497 e. The number of nitrogens with one attached hydrogen (secondary N) is 1. The van der Waals surface area contributed by atoms with Crippen LogP contribution in [0.25, 0.3) is 0 Å². The summed E-state index contributed by atoms with van der Waals surface area (Å²) in [6.45, 7) is 3.76. The fraction of sp³-hybridized carbons (Fsp3) is 0.562. The second-order valence-corrected chi connectivity index (χ2v) is 8.09. The van der Waals surface area contributed by atoms with Crippen LogP contribution in [0.15, 0.2) is 24.3 Å². The van der Waals surface area contributed by atoms with Gasteiger partial charge in [0.25, 0.3) is 0 Å². The summed E-state index contributed by atoms with van der Waals surface area (Å²) in [7, 11) is 0.247. The lowest BCUT2D eigenvalue weighted by molar-refractivity contribution is -0.192. The standard InChI is InChI=1S/C14H22N2O3S.C2HF3O2/c1-11-8-16(2)9-14(11)15-20(17,18)10-12-5-4-6-13(7-12)19-3;3-2(4,5)1(6)7/h4-7,11,14-15H,8-10H2,1-3H3;(H,6,7). The zero-order valence-electron chi connectivity index (χ0n) is 15.2. The van der Waals surface area contributed by atoms with Crippen molar-refractivity contribution in [2.45, 2.75) is 24.9 Å². The molecule has 1 aromatic carbocycles. The maximum atomic E-state index is 12.2. The molecule has 1 aromatic rings. The van der Waals surface area contributed by atoms with E-state index in [1.54, 1.807) is 31.4 Å². The predicted molar refractivity (Wildman–Crippen MR) is 92.9 cm³/mol. The number of sulfonamides is 1. The van der Waals surface area contributed by atoms with Crippen molar-refractivity contribution in [1.29, 1.82) is 0 Å². The van der Waals surface area contributed by atoms with Crippen molar-refractivity contribution in [1.82, 2.24) is 9.62 Å². The summed E-state index contributed by atoms with van der Waals surface area (Å²) in [6, 6.07) is 7.15. The second-order valence-electron chi connectivity index (χ2n) is 6.34. The van der Waals surface area contributed by atoms with Crippen LogP contribution in [-0.2, 0) is 20.6 Å². The van der Waals surface area contributed by atoms with Gasteiger partial charge < -0.3 is 14.7 Å². The number of likely N-dealkylation sites (N-methyl/N-ethyl adjacent to an activating group) is 1. The number of carboxylic acid groups (broad SMARTS) is 1. The van der Waals surface area contributed by atoms with Crippen molar-refractivity contribution in [2.75, 3.05) is 27.2 Å². The zero-order valence-corrected chi connectivity index (χ0v) is 16.0. The summed E-state index contributed by atoms with van der Waals surface area (Å²) in [4.78, 5) is 11.0. The van der Waals surface area contributed by atoms with Crippen LogP contribution in [0.5, 0.6) is 5.75 Å². The van der Waals surface area contributed by atoms with E-state index in [0.29, 0.717) is 11.7 Å². The molecule has 154 valence electrons. The van der Waals surface area contributed by atoms with E-state index < -0.39 is 22.2 Å². The van der Waals surface area contributed by atoms with E-state index in [-0.39, 0.29) is 11.8 Å². The highest BCUT2D eigenvalue weighted by atomic mass is 32.2. The molecule has 0 bridgehead atoms. The summed E-state index contributed by atoms with van der Waals surface area (Å²) in [5.74, 6) is -1.77. The number of carboxylic acids is 1. The van der Waals surface area contributed by atoms with E-state index in [4.69, 9.17) is 14.6 Å². The van der Waals surface area contributed by atoms with Crippen LogP contribution in [0.1, 0.15) is 12.5 Å². The average molecular weight is 412 g/mol. The van der Waals surface area contributed by atoms with Gasteiger partial charge in [-0.1, -0.05) is 19.1 Å². The first-order valence-corrected chi connectivity index (χ1v) is 9.61. The number of aliphatic carboxylic acids is 1. The predicted octanol–water partition coefficient (Wildman–Crippen LogP) is 1.70. The van der Waals surface area contributed by atoms with Crippen molar-refractivity contribution < 1.29 is 36.2 Å². The summed E-state index contributed by atoms with van der Waals surface area (Å²) < 4.78 is 64.1. The van der Waals surface area contributed by atoms with Crippen LogP contribution >= 0.6 is 0 Å². The first-order chi connectivity index (χ1) is 12.3. The number of ether oxygens (including phenoxy) is 1. The number of hydrogen-bond acceptors (Lipinski definition) is 5. The van der Waals surface area contributed by atoms with Crippen molar-refractivity contribution in [3.05, 3.63) is 29.8 Å². The summed E-state index contributed by atoms with van der Waals surface area (Å²) in [5.41, 5.74) is 0.732. The van der Waals surface area contributed by atoms with Gasteiger partial charge in [0.15, 0.2) is 0 Å². The van der Waals surface area contributed by atoms with Crippen LogP contribution in [0, 0.1) is 5.92 Å². The molecule has 7 nitrogen and oxygen atoms in total. The van der Waals surface area contributed by atoms with Gasteiger partial charge >= 0.3 is 12.1 Å². The monoisotopic (exact) mass is 412 g/mol. The van der Waals surface area contributed by atoms with Crippen molar-refractivity contribution in [2.24, 2.45) is 5.92 Å². The Labute approximate surface area is 156 Å². The largest absolute Gasteiger partial charge is 0.497 e. The van der Waals surface area contributed by atoms with Gasteiger partial charge in [-0.2, -0.15) is 13.2 Å². The molecule has 0 aliphatic carbocycles. The van der Waals surface area contributed by atoms with Crippen LogP contribution in [0.3, 0.4) is 0 Å². The fourth-order valence-corrected chi connectivity index (χ4v) is 4.09.